The van der Waals surface area contributed by atoms with Crippen LogP contribution >= 0.6 is 0 Å². The number of carbonyl (C=O) groups excluding carboxylic acids is 1. The standard InChI is InChI=1S/C19H13F3N6O3/c20-19(21,22)31-12-3-1-2-11(8-12)26-17(29)14-9-25-28-10-13(4-5-15(14)28)30-16-6-7-24-18(23)27-16/h1-10H,(H,26,29)(H2,23,24,27). The van der Waals surface area contributed by atoms with Crippen molar-refractivity contribution in [2.75, 3.05) is 11.1 Å². The molecule has 12 heteroatoms. The molecule has 0 atom stereocenters. The molecular weight excluding hydrogens is 417 g/mol. The Labute approximate surface area is 172 Å². The van der Waals surface area contributed by atoms with E-state index in [1.807, 2.05) is 0 Å². The summed E-state index contributed by atoms with van der Waals surface area (Å²) in [5.74, 6) is -0.328. The number of benzene rings is 1. The van der Waals surface area contributed by atoms with Gasteiger partial charge in [-0.1, -0.05) is 6.07 Å². The van der Waals surface area contributed by atoms with Crippen LogP contribution in [0.2, 0.25) is 0 Å². The summed E-state index contributed by atoms with van der Waals surface area (Å²) in [5, 5.41) is 6.63. The smallest absolute Gasteiger partial charge is 0.437 e. The SMILES string of the molecule is Nc1nccc(Oc2ccc3c(C(=O)Nc4cccc(OC(F)(F)F)c4)cnn3c2)n1. The average molecular weight is 430 g/mol. The largest absolute Gasteiger partial charge is 0.573 e. The number of hydrogen-bond acceptors (Lipinski definition) is 7. The van der Waals surface area contributed by atoms with E-state index in [1.165, 1.54) is 41.3 Å². The third kappa shape index (κ3) is 4.80. The van der Waals surface area contributed by atoms with Crippen LogP contribution < -0.4 is 20.5 Å². The average Bonchev–Trinajstić information content (AvgIpc) is 3.10. The number of nitrogens with zero attached hydrogens (tertiary/aromatic N) is 4. The fourth-order valence-corrected chi connectivity index (χ4v) is 2.70. The van der Waals surface area contributed by atoms with E-state index in [9.17, 15) is 18.0 Å². The number of halogens is 3. The first-order valence-corrected chi connectivity index (χ1v) is 8.68. The molecule has 4 rings (SSSR count). The van der Waals surface area contributed by atoms with Gasteiger partial charge in [0.1, 0.15) is 11.5 Å². The number of alkyl halides is 3. The third-order valence-electron chi connectivity index (χ3n) is 3.93. The van der Waals surface area contributed by atoms with Crippen LogP contribution in [0.15, 0.2) is 61.1 Å². The monoisotopic (exact) mass is 430 g/mol. The highest BCUT2D eigenvalue weighted by atomic mass is 19.4. The van der Waals surface area contributed by atoms with Crippen LogP contribution in [0.4, 0.5) is 24.8 Å². The van der Waals surface area contributed by atoms with Gasteiger partial charge >= 0.3 is 6.36 Å². The Kier molecular flexibility index (Phi) is 5.03. The van der Waals surface area contributed by atoms with E-state index in [2.05, 4.69) is 25.1 Å². The van der Waals surface area contributed by atoms with E-state index in [4.69, 9.17) is 10.5 Å². The van der Waals surface area contributed by atoms with Crippen molar-refractivity contribution in [1.82, 2.24) is 19.6 Å². The van der Waals surface area contributed by atoms with Crippen molar-refractivity contribution in [3.8, 4) is 17.4 Å². The number of hydrogen-bond donors (Lipinski definition) is 2. The number of aromatic nitrogens is 4. The summed E-state index contributed by atoms with van der Waals surface area (Å²) in [6.07, 6.45) is -0.529. The quantitative estimate of drug-likeness (QED) is 0.496. The lowest BCUT2D eigenvalue weighted by Gasteiger charge is -2.10. The van der Waals surface area contributed by atoms with Crippen LogP contribution in [-0.4, -0.2) is 31.9 Å². The van der Waals surface area contributed by atoms with Crippen LogP contribution in [-0.2, 0) is 0 Å². The molecule has 1 amide bonds. The summed E-state index contributed by atoms with van der Waals surface area (Å²) in [7, 11) is 0. The zero-order valence-electron chi connectivity index (χ0n) is 15.5. The zero-order chi connectivity index (χ0) is 22.0. The fourth-order valence-electron chi connectivity index (χ4n) is 2.70. The van der Waals surface area contributed by atoms with Crippen LogP contribution in [0.3, 0.4) is 0 Å². The second kappa shape index (κ2) is 7.82. The Morgan fingerprint density at radius 1 is 1.13 bits per heavy atom. The van der Waals surface area contributed by atoms with Gasteiger partial charge in [-0.2, -0.15) is 10.1 Å². The highest BCUT2D eigenvalue weighted by Gasteiger charge is 2.31. The number of anilines is 2. The second-order valence-corrected chi connectivity index (χ2v) is 6.14. The highest BCUT2D eigenvalue weighted by Crippen LogP contribution is 2.26. The molecule has 0 aliphatic heterocycles. The van der Waals surface area contributed by atoms with Crippen LogP contribution in [0.25, 0.3) is 5.52 Å². The van der Waals surface area contributed by atoms with Crippen LogP contribution in [0.1, 0.15) is 10.4 Å². The lowest BCUT2D eigenvalue weighted by Crippen LogP contribution is -2.17. The minimum absolute atomic E-state index is 0.0568. The molecule has 9 nitrogen and oxygen atoms in total. The normalized spacial score (nSPS) is 11.3. The molecule has 158 valence electrons. The summed E-state index contributed by atoms with van der Waals surface area (Å²) in [4.78, 5) is 20.3. The van der Waals surface area contributed by atoms with Crippen LogP contribution in [0.5, 0.6) is 17.4 Å². The molecular formula is C19H13F3N6O3. The Hall–Kier alpha value is -4.35. The van der Waals surface area contributed by atoms with Gasteiger partial charge in [0, 0.05) is 24.0 Å². The number of ether oxygens (including phenoxy) is 2. The maximum Gasteiger partial charge on any atom is 0.573 e. The molecule has 0 aliphatic carbocycles. The van der Waals surface area contributed by atoms with Crippen molar-refractivity contribution in [2.45, 2.75) is 6.36 Å². The second-order valence-electron chi connectivity index (χ2n) is 6.14. The van der Waals surface area contributed by atoms with E-state index in [-0.39, 0.29) is 23.1 Å². The molecule has 0 radical (unpaired) electrons. The number of fused-ring (bicyclic) bond motifs is 1. The van der Waals surface area contributed by atoms with Crippen molar-refractivity contribution in [3.05, 3.63) is 66.6 Å². The van der Waals surface area contributed by atoms with Gasteiger partial charge in [-0.3, -0.25) is 4.79 Å². The molecule has 3 aromatic heterocycles. The summed E-state index contributed by atoms with van der Waals surface area (Å²) in [6, 6.07) is 9.69. The summed E-state index contributed by atoms with van der Waals surface area (Å²) in [5.41, 5.74) is 6.31. The first-order valence-electron chi connectivity index (χ1n) is 8.68. The molecule has 0 saturated carbocycles. The first kappa shape index (κ1) is 19.9. The van der Waals surface area contributed by atoms with Crippen molar-refractivity contribution in [3.63, 3.8) is 0 Å². The Bertz CT molecular complexity index is 1260. The lowest BCUT2D eigenvalue weighted by atomic mass is 10.2. The van der Waals surface area contributed by atoms with E-state index in [0.717, 1.165) is 12.1 Å². The summed E-state index contributed by atoms with van der Waals surface area (Å²) >= 11 is 0. The molecule has 0 saturated heterocycles. The topological polar surface area (TPSA) is 117 Å². The van der Waals surface area contributed by atoms with E-state index in [1.54, 1.807) is 12.1 Å². The van der Waals surface area contributed by atoms with Gasteiger partial charge in [0.2, 0.25) is 11.8 Å². The maximum atomic E-state index is 12.6. The molecule has 3 heterocycles. The number of nitrogens with two attached hydrogens (primary N) is 1. The maximum absolute atomic E-state index is 12.6. The molecule has 3 N–H and O–H groups in total. The van der Waals surface area contributed by atoms with Gasteiger partial charge < -0.3 is 20.5 Å². The number of nitrogen functional groups attached to an aromatic ring is 1. The molecule has 1 aromatic carbocycles. The summed E-state index contributed by atoms with van der Waals surface area (Å²) < 4.78 is 48.0. The molecule has 31 heavy (non-hydrogen) atoms. The minimum Gasteiger partial charge on any atom is -0.437 e. The van der Waals surface area contributed by atoms with Crippen molar-refractivity contribution < 1.29 is 27.4 Å². The lowest BCUT2D eigenvalue weighted by molar-refractivity contribution is -0.274. The van der Waals surface area contributed by atoms with E-state index < -0.39 is 18.0 Å². The molecule has 0 unspecified atom stereocenters. The van der Waals surface area contributed by atoms with Gasteiger partial charge in [-0.05, 0) is 24.3 Å². The Balaban J connectivity index is 1.52. The zero-order valence-corrected chi connectivity index (χ0v) is 15.5. The van der Waals surface area contributed by atoms with E-state index >= 15 is 0 Å². The predicted molar refractivity (Wildman–Crippen MR) is 103 cm³/mol. The molecule has 0 bridgehead atoms. The Morgan fingerprint density at radius 2 is 1.97 bits per heavy atom. The molecule has 0 spiro atoms. The van der Waals surface area contributed by atoms with Gasteiger partial charge in [0.05, 0.1) is 23.5 Å². The van der Waals surface area contributed by atoms with Gasteiger partial charge in [-0.25, -0.2) is 9.50 Å². The Morgan fingerprint density at radius 3 is 2.74 bits per heavy atom. The summed E-state index contributed by atoms with van der Waals surface area (Å²) in [6.45, 7) is 0. The predicted octanol–water partition coefficient (Wildman–Crippen LogP) is 3.65. The molecule has 0 aliphatic rings. The molecule has 0 fully saturated rings. The van der Waals surface area contributed by atoms with Gasteiger partial charge in [0.25, 0.3) is 5.91 Å². The fraction of sp³-hybridized carbons (Fsp3) is 0.0526. The van der Waals surface area contributed by atoms with E-state index in [0.29, 0.717) is 11.3 Å². The first-order chi connectivity index (χ1) is 14.8. The van der Waals surface area contributed by atoms with Crippen molar-refractivity contribution in [2.24, 2.45) is 0 Å². The highest BCUT2D eigenvalue weighted by molar-refractivity contribution is 6.08. The van der Waals surface area contributed by atoms with Crippen LogP contribution in [0, 0.1) is 0 Å². The number of amides is 1. The number of pyridine rings is 1. The number of rotatable bonds is 5. The molecule has 4 aromatic rings. The van der Waals surface area contributed by atoms with Gasteiger partial charge in [-0.15, -0.1) is 13.2 Å². The minimum atomic E-state index is -4.83. The number of carbonyl (C=O) groups is 1. The number of nitrogens with one attached hydrogen (secondary N) is 1. The van der Waals surface area contributed by atoms with Crippen molar-refractivity contribution in [1.29, 1.82) is 0 Å². The van der Waals surface area contributed by atoms with Crippen molar-refractivity contribution >= 4 is 23.1 Å². The van der Waals surface area contributed by atoms with Gasteiger partial charge in [0.15, 0.2) is 0 Å². The third-order valence-corrected chi connectivity index (χ3v) is 3.93.